The minimum atomic E-state index is -1.43. The van der Waals surface area contributed by atoms with Gasteiger partial charge in [0, 0.05) is 7.05 Å². The van der Waals surface area contributed by atoms with Gasteiger partial charge in [-0.3, -0.25) is 9.59 Å². The summed E-state index contributed by atoms with van der Waals surface area (Å²) in [7, 11) is 2.36. The number of nitrogens with zero attached hydrogens (tertiary/aromatic N) is 1. The van der Waals surface area contributed by atoms with E-state index in [1.54, 1.807) is 0 Å². The fraction of sp³-hybridized carbons (Fsp3) is 0.556. The maximum absolute atomic E-state index is 11.5. The van der Waals surface area contributed by atoms with Crippen LogP contribution in [0.4, 0.5) is 4.79 Å². The summed E-state index contributed by atoms with van der Waals surface area (Å²) in [5.74, 6) is -2.91. The number of methoxy groups -OCH3 is 1. The van der Waals surface area contributed by atoms with Gasteiger partial charge in [0.15, 0.2) is 0 Å². The van der Waals surface area contributed by atoms with Gasteiger partial charge in [-0.15, -0.1) is 0 Å². The smallest absolute Gasteiger partial charge is 0.326 e. The molecule has 0 aromatic heterocycles. The second-order valence-corrected chi connectivity index (χ2v) is 3.44. The van der Waals surface area contributed by atoms with E-state index in [1.165, 1.54) is 7.05 Å². The quantitative estimate of drug-likeness (QED) is 0.478. The Bertz CT molecular complexity index is 356. The van der Waals surface area contributed by atoms with Gasteiger partial charge >= 0.3 is 18.0 Å². The lowest BCUT2D eigenvalue weighted by atomic mass is 10.2. The van der Waals surface area contributed by atoms with Crippen LogP contribution in [0.5, 0.6) is 0 Å². The number of urea groups is 1. The fourth-order valence-corrected chi connectivity index (χ4v) is 1.01. The SMILES string of the molecule is COC(=O)C[C@H](NC(=O)N(C)CC(N)=O)C(=O)O. The van der Waals surface area contributed by atoms with Gasteiger partial charge in [-0.25, -0.2) is 9.59 Å². The van der Waals surface area contributed by atoms with Crippen molar-refractivity contribution in [2.24, 2.45) is 5.73 Å². The number of carboxylic acids is 1. The zero-order valence-electron chi connectivity index (χ0n) is 10.0. The van der Waals surface area contributed by atoms with Crippen LogP contribution < -0.4 is 11.1 Å². The third kappa shape index (κ3) is 5.68. The number of carboxylic acid groups (broad SMARTS) is 1. The monoisotopic (exact) mass is 261 g/mol. The minimum Gasteiger partial charge on any atom is -0.480 e. The van der Waals surface area contributed by atoms with E-state index in [-0.39, 0.29) is 6.54 Å². The molecule has 0 fully saturated rings. The molecule has 3 amide bonds. The van der Waals surface area contributed by atoms with Crippen LogP contribution >= 0.6 is 0 Å². The van der Waals surface area contributed by atoms with Gasteiger partial charge in [0.2, 0.25) is 5.91 Å². The molecule has 4 N–H and O–H groups in total. The van der Waals surface area contributed by atoms with Crippen LogP contribution in [0.15, 0.2) is 0 Å². The van der Waals surface area contributed by atoms with Crippen LogP contribution in [0.25, 0.3) is 0 Å². The van der Waals surface area contributed by atoms with E-state index >= 15 is 0 Å². The van der Waals surface area contributed by atoms with Gasteiger partial charge in [0.25, 0.3) is 0 Å². The van der Waals surface area contributed by atoms with Crippen LogP contribution in [0.3, 0.4) is 0 Å². The van der Waals surface area contributed by atoms with Gasteiger partial charge < -0.3 is 25.8 Å². The van der Waals surface area contributed by atoms with Crippen LogP contribution in [-0.2, 0) is 19.1 Å². The Labute approximate surface area is 103 Å². The lowest BCUT2D eigenvalue weighted by Crippen LogP contribution is -2.49. The molecule has 0 aliphatic carbocycles. The van der Waals surface area contributed by atoms with Crippen LogP contribution in [0.2, 0.25) is 0 Å². The molecule has 0 aromatic rings. The van der Waals surface area contributed by atoms with E-state index < -0.39 is 36.3 Å². The molecule has 0 saturated carbocycles. The van der Waals surface area contributed by atoms with Crippen molar-refractivity contribution in [3.8, 4) is 0 Å². The molecule has 1 atom stereocenters. The summed E-state index contributed by atoms with van der Waals surface area (Å²) in [5, 5.41) is 10.9. The van der Waals surface area contributed by atoms with Crippen molar-refractivity contribution in [1.82, 2.24) is 10.2 Å². The number of carbonyl (C=O) groups excluding carboxylic acids is 3. The maximum atomic E-state index is 11.5. The van der Waals surface area contributed by atoms with Crippen LogP contribution in [-0.4, -0.2) is 60.6 Å². The summed E-state index contributed by atoms with van der Waals surface area (Å²) in [6.45, 7) is -0.365. The molecule has 0 bridgehead atoms. The lowest BCUT2D eigenvalue weighted by Gasteiger charge is -2.19. The van der Waals surface area contributed by atoms with E-state index in [2.05, 4.69) is 10.1 Å². The molecule has 9 heteroatoms. The molecule has 102 valence electrons. The van der Waals surface area contributed by atoms with Crippen molar-refractivity contribution in [2.75, 3.05) is 20.7 Å². The molecule has 0 aliphatic rings. The molecule has 0 unspecified atom stereocenters. The standard InChI is InChI=1S/C9H15N3O6/c1-12(4-6(10)13)9(17)11-5(8(15)16)3-7(14)18-2/h5H,3-4H2,1-2H3,(H2,10,13)(H,11,17)(H,15,16)/t5-/m0/s1. The molecule has 0 heterocycles. The number of hydrogen-bond acceptors (Lipinski definition) is 5. The van der Waals surface area contributed by atoms with Crippen molar-refractivity contribution in [1.29, 1.82) is 0 Å². The highest BCUT2D eigenvalue weighted by Crippen LogP contribution is 1.97. The Kier molecular flexibility index (Phi) is 6.18. The summed E-state index contributed by atoms with van der Waals surface area (Å²) in [4.78, 5) is 44.7. The number of nitrogens with one attached hydrogen (secondary N) is 1. The summed E-state index contributed by atoms with van der Waals surface area (Å²) in [6.07, 6.45) is -0.512. The lowest BCUT2D eigenvalue weighted by molar-refractivity contribution is -0.147. The van der Waals surface area contributed by atoms with Crippen molar-refractivity contribution in [2.45, 2.75) is 12.5 Å². The highest BCUT2D eigenvalue weighted by Gasteiger charge is 2.25. The second kappa shape index (κ2) is 7.09. The number of nitrogens with two attached hydrogens (primary N) is 1. The third-order valence-electron chi connectivity index (χ3n) is 1.93. The molecule has 0 radical (unpaired) electrons. The predicted octanol–water partition coefficient (Wildman–Crippen LogP) is -1.87. The molecule has 0 saturated heterocycles. The molecule has 0 aromatic carbocycles. The highest BCUT2D eigenvalue weighted by molar-refractivity contribution is 5.88. The average molecular weight is 261 g/mol. The summed E-state index contributed by atoms with van der Waals surface area (Å²) >= 11 is 0. The third-order valence-corrected chi connectivity index (χ3v) is 1.93. The summed E-state index contributed by atoms with van der Waals surface area (Å²) in [5.41, 5.74) is 4.87. The Morgan fingerprint density at radius 3 is 2.33 bits per heavy atom. The van der Waals surface area contributed by atoms with Gasteiger partial charge in [0.1, 0.15) is 12.6 Å². The molecule has 18 heavy (non-hydrogen) atoms. The van der Waals surface area contributed by atoms with Crippen molar-refractivity contribution in [3.63, 3.8) is 0 Å². The zero-order chi connectivity index (χ0) is 14.3. The Morgan fingerprint density at radius 2 is 1.94 bits per heavy atom. The topological polar surface area (TPSA) is 139 Å². The van der Waals surface area contributed by atoms with Crippen LogP contribution in [0.1, 0.15) is 6.42 Å². The molecule has 9 nitrogen and oxygen atoms in total. The molecule has 0 rings (SSSR count). The van der Waals surface area contributed by atoms with Gasteiger partial charge in [-0.2, -0.15) is 0 Å². The summed E-state index contributed by atoms with van der Waals surface area (Å²) in [6, 6.07) is -2.26. The first-order chi connectivity index (χ1) is 8.27. The number of carbonyl (C=O) groups is 4. The zero-order valence-corrected chi connectivity index (χ0v) is 10.0. The first kappa shape index (κ1) is 15.7. The first-order valence-electron chi connectivity index (χ1n) is 4.87. The second-order valence-electron chi connectivity index (χ2n) is 3.44. The molecule has 0 spiro atoms. The number of ether oxygens (including phenoxy) is 1. The molecular formula is C9H15N3O6. The van der Waals surface area contributed by atoms with E-state index in [0.717, 1.165) is 12.0 Å². The highest BCUT2D eigenvalue weighted by atomic mass is 16.5. The number of rotatable bonds is 6. The minimum absolute atomic E-state index is 0.365. The Balaban J connectivity index is 4.49. The van der Waals surface area contributed by atoms with Gasteiger partial charge in [0.05, 0.1) is 13.5 Å². The first-order valence-corrected chi connectivity index (χ1v) is 4.87. The van der Waals surface area contributed by atoms with E-state index in [1.807, 2.05) is 0 Å². The number of hydrogen-bond donors (Lipinski definition) is 3. The number of primary amides is 1. The largest absolute Gasteiger partial charge is 0.480 e. The molecular weight excluding hydrogens is 246 g/mol. The van der Waals surface area contributed by atoms with Crippen LogP contribution in [0, 0.1) is 0 Å². The molecule has 0 aliphatic heterocycles. The number of likely N-dealkylation sites (N-methyl/N-ethyl adjacent to an activating group) is 1. The van der Waals surface area contributed by atoms with Gasteiger partial charge in [-0.1, -0.05) is 0 Å². The number of amides is 3. The summed E-state index contributed by atoms with van der Waals surface area (Å²) < 4.78 is 4.30. The van der Waals surface area contributed by atoms with Gasteiger partial charge in [-0.05, 0) is 0 Å². The number of esters is 1. The van der Waals surface area contributed by atoms with Crippen molar-refractivity contribution >= 4 is 23.9 Å². The average Bonchev–Trinajstić information content (AvgIpc) is 2.26. The fourth-order valence-electron chi connectivity index (χ4n) is 1.01. The Hall–Kier alpha value is -2.32. The van der Waals surface area contributed by atoms with E-state index in [0.29, 0.717) is 0 Å². The predicted molar refractivity (Wildman–Crippen MR) is 58.4 cm³/mol. The van der Waals surface area contributed by atoms with Crippen molar-refractivity contribution < 1.29 is 29.0 Å². The van der Waals surface area contributed by atoms with Crippen molar-refractivity contribution in [3.05, 3.63) is 0 Å². The van der Waals surface area contributed by atoms with E-state index in [9.17, 15) is 19.2 Å². The maximum Gasteiger partial charge on any atom is 0.326 e. The number of aliphatic carboxylic acids is 1. The van der Waals surface area contributed by atoms with E-state index in [4.69, 9.17) is 10.8 Å². The normalized spacial score (nSPS) is 11.2. The Morgan fingerprint density at radius 1 is 1.39 bits per heavy atom.